The van der Waals surface area contributed by atoms with Gasteiger partial charge in [0, 0.05) is 11.6 Å². The van der Waals surface area contributed by atoms with E-state index in [4.69, 9.17) is 10.5 Å². The number of anilines is 1. The van der Waals surface area contributed by atoms with E-state index in [0.717, 1.165) is 5.57 Å². The molecule has 1 aliphatic rings. The minimum atomic E-state index is -0.184. The zero-order valence-electron chi connectivity index (χ0n) is 10.9. The number of hydrogen-bond donors (Lipinski definition) is 2. The van der Waals surface area contributed by atoms with Crippen molar-refractivity contribution in [3.05, 3.63) is 54.2 Å². The number of pyridine rings is 1. The highest BCUT2D eigenvalue weighted by Gasteiger charge is 2.15. The van der Waals surface area contributed by atoms with Crippen LogP contribution in [0.25, 0.3) is 11.2 Å². The van der Waals surface area contributed by atoms with Gasteiger partial charge < -0.3 is 10.5 Å². The van der Waals surface area contributed by atoms with Gasteiger partial charge in [0.25, 0.3) is 0 Å². The number of fused-ring (bicyclic) bond motifs is 1. The Balaban J connectivity index is 1.89. The van der Waals surface area contributed by atoms with Gasteiger partial charge in [0.15, 0.2) is 15.4 Å². The first-order chi connectivity index (χ1) is 10.2. The third-order valence-corrected chi connectivity index (χ3v) is 3.76. The predicted molar refractivity (Wildman–Crippen MR) is 90.0 cm³/mol. The summed E-state index contributed by atoms with van der Waals surface area (Å²) in [7, 11) is 0. The molecule has 0 aromatic carbocycles. The van der Waals surface area contributed by atoms with E-state index in [-0.39, 0.29) is 4.11 Å². The number of hydrogen-bond acceptors (Lipinski definition) is 5. The maximum absolute atomic E-state index is 5.97. The van der Waals surface area contributed by atoms with Crippen LogP contribution in [0.1, 0.15) is 0 Å². The third-order valence-electron chi connectivity index (χ3n) is 2.79. The maximum atomic E-state index is 5.97. The molecule has 0 fully saturated rings. The topological polar surface area (TPSA) is 89.7 Å². The number of nitrogen functional groups attached to an aromatic ring is 1. The number of allylic oxidation sites excluding steroid dienone is 6. The average molecular weight is 393 g/mol. The summed E-state index contributed by atoms with van der Waals surface area (Å²) in [6, 6.07) is 1.65. The number of nitrogens with zero attached hydrogens (tertiary/aromatic N) is 3. The lowest BCUT2D eigenvalue weighted by atomic mass is 10.2. The predicted octanol–water partition coefficient (Wildman–Crippen LogP) is 2.68. The maximum Gasteiger partial charge on any atom is 0.207 e. The molecule has 7 heteroatoms. The molecule has 6 nitrogen and oxygen atoms in total. The highest BCUT2D eigenvalue weighted by atomic mass is 127. The normalized spacial score (nSPS) is 18.6. The van der Waals surface area contributed by atoms with Gasteiger partial charge in [0.05, 0.1) is 0 Å². The van der Waals surface area contributed by atoms with Crippen molar-refractivity contribution in [1.82, 2.24) is 20.4 Å². The number of rotatable bonds is 3. The van der Waals surface area contributed by atoms with Crippen LogP contribution < -0.4 is 10.5 Å². The van der Waals surface area contributed by atoms with Crippen molar-refractivity contribution < 1.29 is 4.74 Å². The fourth-order valence-corrected chi connectivity index (χ4v) is 2.52. The Morgan fingerprint density at radius 2 is 1.95 bits per heavy atom. The van der Waals surface area contributed by atoms with Crippen molar-refractivity contribution in [2.75, 3.05) is 5.73 Å². The molecule has 106 valence electrons. The van der Waals surface area contributed by atoms with Crippen LogP contribution in [0.2, 0.25) is 0 Å². The highest BCUT2D eigenvalue weighted by Crippen LogP contribution is 2.28. The molecule has 2 aromatic rings. The lowest BCUT2D eigenvalue weighted by Gasteiger charge is -2.14. The van der Waals surface area contributed by atoms with Gasteiger partial charge in [0.2, 0.25) is 5.65 Å². The molecule has 2 aromatic heterocycles. The first kappa shape index (κ1) is 13.8. The van der Waals surface area contributed by atoms with E-state index in [0.29, 0.717) is 22.7 Å². The molecule has 0 spiro atoms. The molecule has 0 amide bonds. The molecule has 0 radical (unpaired) electrons. The molecule has 1 atom stereocenters. The average Bonchev–Trinajstić information content (AvgIpc) is 2.86. The largest absolute Gasteiger partial charge is 0.473 e. The van der Waals surface area contributed by atoms with E-state index in [9.17, 15) is 0 Å². The zero-order valence-corrected chi connectivity index (χ0v) is 13.1. The van der Waals surface area contributed by atoms with Gasteiger partial charge in [0.1, 0.15) is 5.82 Å². The summed E-state index contributed by atoms with van der Waals surface area (Å²) in [5.41, 5.74) is 7.80. The number of aromatic amines is 1. The molecule has 0 saturated heterocycles. The molecule has 0 saturated carbocycles. The number of nitrogens with two attached hydrogens (primary N) is 1. The molecule has 2 heterocycles. The second-order valence-corrected chi connectivity index (χ2v) is 5.40. The van der Waals surface area contributed by atoms with Crippen molar-refractivity contribution in [3.63, 3.8) is 0 Å². The van der Waals surface area contributed by atoms with Crippen molar-refractivity contribution in [1.29, 1.82) is 0 Å². The Morgan fingerprint density at radius 1 is 1.14 bits per heavy atom. The van der Waals surface area contributed by atoms with E-state index in [1.54, 1.807) is 6.07 Å². The van der Waals surface area contributed by atoms with Crippen LogP contribution in [0.5, 0.6) is 5.75 Å². The van der Waals surface area contributed by atoms with Gasteiger partial charge in [-0.1, -0.05) is 42.5 Å². The smallest absolute Gasteiger partial charge is 0.207 e. The number of alkyl halides is 1. The first-order valence-corrected chi connectivity index (χ1v) is 7.48. The van der Waals surface area contributed by atoms with Crippen LogP contribution in [0.15, 0.2) is 54.2 Å². The van der Waals surface area contributed by atoms with E-state index in [2.05, 4.69) is 43.0 Å². The molecule has 21 heavy (non-hydrogen) atoms. The molecule has 3 rings (SSSR count). The molecule has 1 unspecified atom stereocenters. The van der Waals surface area contributed by atoms with E-state index in [1.807, 2.05) is 42.5 Å². The third kappa shape index (κ3) is 3.13. The van der Waals surface area contributed by atoms with Crippen LogP contribution in [-0.4, -0.2) is 24.5 Å². The van der Waals surface area contributed by atoms with Gasteiger partial charge in [-0.3, -0.25) is 0 Å². The van der Waals surface area contributed by atoms with Crippen LogP contribution in [0, 0.1) is 0 Å². The van der Waals surface area contributed by atoms with Crippen molar-refractivity contribution in [3.8, 4) is 5.75 Å². The molecule has 3 N–H and O–H groups in total. The van der Waals surface area contributed by atoms with Crippen molar-refractivity contribution in [2.45, 2.75) is 4.11 Å². The Bertz CT molecular complexity index is 775. The van der Waals surface area contributed by atoms with Crippen LogP contribution >= 0.6 is 22.6 Å². The van der Waals surface area contributed by atoms with Crippen molar-refractivity contribution >= 4 is 39.6 Å². The van der Waals surface area contributed by atoms with Crippen molar-refractivity contribution in [2.24, 2.45) is 0 Å². The number of ether oxygens (including phenoxy) is 1. The van der Waals surface area contributed by atoms with E-state index < -0.39 is 0 Å². The minimum Gasteiger partial charge on any atom is -0.473 e. The van der Waals surface area contributed by atoms with Gasteiger partial charge in [-0.05, 0) is 22.6 Å². The highest BCUT2D eigenvalue weighted by molar-refractivity contribution is 14.1. The molecule has 0 aliphatic heterocycles. The number of halogens is 1. The summed E-state index contributed by atoms with van der Waals surface area (Å²) < 4.78 is 5.79. The number of aromatic nitrogens is 4. The molecular formula is C14H12IN5O. The summed E-state index contributed by atoms with van der Waals surface area (Å²) in [6.07, 6.45) is 13.8. The lowest BCUT2D eigenvalue weighted by molar-refractivity contribution is 0.342. The van der Waals surface area contributed by atoms with Gasteiger partial charge in [-0.15, -0.1) is 5.10 Å². The van der Waals surface area contributed by atoms with E-state index >= 15 is 0 Å². The first-order valence-electron chi connectivity index (χ1n) is 6.23. The Kier molecular flexibility index (Phi) is 4.00. The quantitative estimate of drug-likeness (QED) is 0.618. The Labute approximate surface area is 134 Å². The monoisotopic (exact) mass is 393 g/mol. The molecular weight excluding hydrogens is 381 g/mol. The summed E-state index contributed by atoms with van der Waals surface area (Å²) >= 11 is 2.22. The summed E-state index contributed by atoms with van der Waals surface area (Å²) in [5.74, 6) is 0.904. The van der Waals surface area contributed by atoms with Gasteiger partial charge in [-0.25, -0.2) is 4.98 Å². The Morgan fingerprint density at radius 3 is 2.86 bits per heavy atom. The number of H-pyrrole nitrogens is 1. The summed E-state index contributed by atoms with van der Waals surface area (Å²) in [5, 5.41) is 10.5. The van der Waals surface area contributed by atoms with E-state index in [1.165, 1.54) is 0 Å². The SMILES string of the molecule is Nc1cc(OC(I)C2=C/C=C\C=C/C=C2)c2n[nH]nc2n1. The fraction of sp³-hybridized carbons (Fsp3) is 0.0714. The van der Waals surface area contributed by atoms with Crippen LogP contribution in [-0.2, 0) is 0 Å². The lowest BCUT2D eigenvalue weighted by Crippen LogP contribution is -2.11. The zero-order chi connectivity index (χ0) is 14.7. The van der Waals surface area contributed by atoms with Gasteiger partial charge in [-0.2, -0.15) is 10.3 Å². The standard InChI is InChI=1S/C14H12IN5O/c15-13(9-6-4-2-1-3-5-7-9)21-10-8-11(16)17-14-12(10)18-20-19-14/h1-8,13H,(H3,16,17,18,19,20)/b2-1-,3-1?,4-2?,5-3-,6-4?,7-5?,9-6?,9-7?. The second-order valence-electron chi connectivity index (χ2n) is 4.27. The second kappa shape index (κ2) is 6.08. The van der Waals surface area contributed by atoms with Crippen LogP contribution in [0.3, 0.4) is 0 Å². The van der Waals surface area contributed by atoms with Crippen LogP contribution in [0.4, 0.5) is 5.82 Å². The van der Waals surface area contributed by atoms with Gasteiger partial charge >= 0.3 is 0 Å². The fourth-order valence-electron chi connectivity index (χ4n) is 1.83. The Hall–Kier alpha value is -2.16. The number of nitrogens with one attached hydrogen (secondary N) is 1. The summed E-state index contributed by atoms with van der Waals surface area (Å²) in [6.45, 7) is 0. The minimum absolute atomic E-state index is 0.184. The molecule has 0 bridgehead atoms. The summed E-state index contributed by atoms with van der Waals surface area (Å²) in [4.78, 5) is 4.09. The molecule has 1 aliphatic carbocycles.